The van der Waals surface area contributed by atoms with E-state index in [1.165, 1.54) is 11.1 Å². The molecule has 3 aromatic rings. The molecule has 0 aliphatic carbocycles. The molecule has 4 heteroatoms. The van der Waals surface area contributed by atoms with E-state index in [0.717, 1.165) is 23.9 Å². The minimum atomic E-state index is -0.0107. The van der Waals surface area contributed by atoms with Gasteiger partial charge in [0.15, 0.2) is 0 Å². The van der Waals surface area contributed by atoms with Crippen molar-refractivity contribution in [1.29, 1.82) is 0 Å². The van der Waals surface area contributed by atoms with Crippen LogP contribution < -0.4 is 11.1 Å². The first-order valence-electron chi connectivity index (χ1n) is 11.1. The Morgan fingerprint density at radius 1 is 0.935 bits per heavy atom. The molecule has 4 nitrogen and oxygen atoms in total. The van der Waals surface area contributed by atoms with Crippen LogP contribution in [0.15, 0.2) is 91.0 Å². The lowest BCUT2D eigenvalue weighted by Gasteiger charge is -2.50. The summed E-state index contributed by atoms with van der Waals surface area (Å²) in [5, 5.41) is 3.11. The second-order valence-electron chi connectivity index (χ2n) is 8.83. The Labute approximate surface area is 185 Å². The second-order valence-corrected chi connectivity index (χ2v) is 8.83. The summed E-state index contributed by atoms with van der Waals surface area (Å²) in [7, 11) is 2.29. The first-order chi connectivity index (χ1) is 15.1. The third-order valence-electron chi connectivity index (χ3n) is 6.76. The third-order valence-corrected chi connectivity index (χ3v) is 6.76. The molecule has 0 spiro atoms. The summed E-state index contributed by atoms with van der Waals surface area (Å²) < 4.78 is 0.775. The van der Waals surface area contributed by atoms with Crippen molar-refractivity contribution in [2.24, 2.45) is 11.7 Å². The summed E-state index contributed by atoms with van der Waals surface area (Å²) >= 11 is 0. The highest BCUT2D eigenvalue weighted by molar-refractivity contribution is 5.94. The zero-order valence-corrected chi connectivity index (χ0v) is 18.2. The van der Waals surface area contributed by atoms with E-state index in [2.05, 4.69) is 73.0 Å². The molecule has 3 aromatic carbocycles. The number of nitrogens with one attached hydrogen (secondary N) is 1. The minimum absolute atomic E-state index is 0.00205. The highest BCUT2D eigenvalue weighted by Gasteiger charge is 2.44. The standard InChI is InChI=1S/C27H31N3O/c1-30(26(22-11-5-2-6-12-22)23-13-7-3-8-14-23)18-17-21(19-25(30)28)20-29-27(31)24-15-9-4-10-16-24/h2-16,21,25-26H,17-20,28H2,1H3/p+1. The zero-order valence-electron chi connectivity index (χ0n) is 18.2. The Morgan fingerprint density at radius 3 is 1.97 bits per heavy atom. The van der Waals surface area contributed by atoms with Crippen LogP contribution >= 0.6 is 0 Å². The molecule has 1 aliphatic rings. The molecule has 1 aliphatic heterocycles. The summed E-state index contributed by atoms with van der Waals surface area (Å²) in [5.74, 6) is 0.379. The maximum absolute atomic E-state index is 12.4. The Kier molecular flexibility index (Phi) is 6.50. The van der Waals surface area contributed by atoms with Gasteiger partial charge in [-0.05, 0) is 18.1 Å². The number of rotatable bonds is 6. The van der Waals surface area contributed by atoms with Crippen molar-refractivity contribution in [1.82, 2.24) is 5.32 Å². The zero-order chi connectivity index (χ0) is 21.7. The molecule has 3 unspecified atom stereocenters. The number of amides is 1. The molecule has 0 radical (unpaired) electrons. The van der Waals surface area contributed by atoms with Crippen molar-refractivity contribution in [3.05, 3.63) is 108 Å². The van der Waals surface area contributed by atoms with Crippen LogP contribution in [0, 0.1) is 5.92 Å². The summed E-state index contributed by atoms with van der Waals surface area (Å²) in [6.07, 6.45) is 1.93. The predicted octanol–water partition coefficient (Wildman–Crippen LogP) is 4.35. The number of carbonyl (C=O) groups is 1. The van der Waals surface area contributed by atoms with E-state index in [0.29, 0.717) is 18.0 Å². The normalized spacial score (nSPS) is 23.5. The van der Waals surface area contributed by atoms with Crippen LogP contribution in [0.25, 0.3) is 0 Å². The highest BCUT2D eigenvalue weighted by atomic mass is 16.1. The van der Waals surface area contributed by atoms with Crippen LogP contribution in [-0.2, 0) is 0 Å². The van der Waals surface area contributed by atoms with Gasteiger partial charge in [0.05, 0.1) is 13.6 Å². The molecular weight excluding hydrogens is 382 g/mol. The average Bonchev–Trinajstić information content (AvgIpc) is 2.82. The van der Waals surface area contributed by atoms with Gasteiger partial charge in [-0.25, -0.2) is 0 Å². The fraction of sp³-hybridized carbons (Fsp3) is 0.296. The van der Waals surface area contributed by atoms with Gasteiger partial charge in [-0.2, -0.15) is 0 Å². The van der Waals surface area contributed by atoms with Gasteiger partial charge in [-0.15, -0.1) is 0 Å². The van der Waals surface area contributed by atoms with Crippen LogP contribution in [0.3, 0.4) is 0 Å². The molecule has 31 heavy (non-hydrogen) atoms. The number of likely N-dealkylation sites (tertiary alicyclic amines) is 1. The van der Waals surface area contributed by atoms with E-state index >= 15 is 0 Å². The molecular formula is C27H32N3O+. The van der Waals surface area contributed by atoms with Gasteiger partial charge in [0, 0.05) is 36.1 Å². The smallest absolute Gasteiger partial charge is 0.251 e. The van der Waals surface area contributed by atoms with E-state index in [1.54, 1.807) is 0 Å². The molecule has 3 atom stereocenters. The van der Waals surface area contributed by atoms with E-state index < -0.39 is 0 Å². The SMILES string of the molecule is C[N+]1(C(c2ccccc2)c2ccccc2)CCC(CNC(=O)c2ccccc2)CC1N. The maximum atomic E-state index is 12.4. The lowest BCUT2D eigenvalue weighted by Crippen LogP contribution is -2.63. The van der Waals surface area contributed by atoms with Crippen LogP contribution in [-0.4, -0.2) is 36.7 Å². The number of nitrogens with zero attached hydrogens (tertiary/aromatic N) is 1. The van der Waals surface area contributed by atoms with E-state index in [-0.39, 0.29) is 18.1 Å². The Morgan fingerprint density at radius 2 is 1.45 bits per heavy atom. The topological polar surface area (TPSA) is 55.1 Å². The summed E-state index contributed by atoms with van der Waals surface area (Å²) in [4.78, 5) is 12.4. The number of hydrogen-bond donors (Lipinski definition) is 2. The number of nitrogens with two attached hydrogens (primary N) is 1. The molecule has 1 heterocycles. The first-order valence-corrected chi connectivity index (χ1v) is 11.1. The molecule has 1 saturated heterocycles. The molecule has 3 N–H and O–H groups in total. The molecule has 1 fully saturated rings. The fourth-order valence-electron chi connectivity index (χ4n) is 4.91. The number of benzene rings is 3. The largest absolute Gasteiger partial charge is 0.352 e. The van der Waals surface area contributed by atoms with Crippen molar-refractivity contribution in [2.75, 3.05) is 20.1 Å². The van der Waals surface area contributed by atoms with Gasteiger partial charge < -0.3 is 9.80 Å². The average molecular weight is 415 g/mol. The second kappa shape index (κ2) is 9.46. The van der Waals surface area contributed by atoms with Crippen molar-refractivity contribution in [2.45, 2.75) is 25.0 Å². The van der Waals surface area contributed by atoms with E-state index in [1.807, 2.05) is 30.3 Å². The van der Waals surface area contributed by atoms with E-state index in [4.69, 9.17) is 5.73 Å². The predicted molar refractivity (Wildman–Crippen MR) is 125 cm³/mol. The van der Waals surface area contributed by atoms with Crippen LogP contribution in [0.1, 0.15) is 40.4 Å². The number of quaternary nitrogens is 1. The van der Waals surface area contributed by atoms with Gasteiger partial charge in [0.1, 0.15) is 12.2 Å². The Bertz CT molecular complexity index is 938. The Hall–Kier alpha value is -2.95. The van der Waals surface area contributed by atoms with Crippen molar-refractivity contribution < 1.29 is 9.28 Å². The number of carbonyl (C=O) groups excluding carboxylic acids is 1. The van der Waals surface area contributed by atoms with Crippen LogP contribution in [0.5, 0.6) is 0 Å². The van der Waals surface area contributed by atoms with Gasteiger partial charge >= 0.3 is 0 Å². The summed E-state index contributed by atoms with van der Waals surface area (Å²) in [5.41, 5.74) is 10.1. The van der Waals surface area contributed by atoms with Crippen LogP contribution in [0.4, 0.5) is 0 Å². The van der Waals surface area contributed by atoms with Crippen molar-refractivity contribution in [3.63, 3.8) is 0 Å². The van der Waals surface area contributed by atoms with Crippen LogP contribution in [0.2, 0.25) is 0 Å². The van der Waals surface area contributed by atoms with Gasteiger partial charge in [-0.3, -0.25) is 10.5 Å². The lowest BCUT2D eigenvalue weighted by atomic mass is 9.87. The summed E-state index contributed by atoms with van der Waals surface area (Å²) in [6, 6.07) is 31.0. The highest BCUT2D eigenvalue weighted by Crippen LogP contribution is 2.39. The molecule has 160 valence electrons. The molecule has 1 amide bonds. The van der Waals surface area contributed by atoms with Crippen molar-refractivity contribution >= 4 is 5.91 Å². The Balaban J connectivity index is 1.48. The lowest BCUT2D eigenvalue weighted by molar-refractivity contribution is -0.962. The molecule has 0 aromatic heterocycles. The van der Waals surface area contributed by atoms with Gasteiger partial charge in [-0.1, -0.05) is 78.9 Å². The van der Waals surface area contributed by atoms with Gasteiger partial charge in [0.25, 0.3) is 5.91 Å². The van der Waals surface area contributed by atoms with E-state index in [9.17, 15) is 4.79 Å². The summed E-state index contributed by atoms with van der Waals surface area (Å²) in [6.45, 7) is 1.64. The monoisotopic (exact) mass is 414 g/mol. The molecule has 0 saturated carbocycles. The maximum Gasteiger partial charge on any atom is 0.251 e. The first kappa shape index (κ1) is 21.3. The number of hydrogen-bond acceptors (Lipinski definition) is 2. The fourth-order valence-corrected chi connectivity index (χ4v) is 4.91. The molecule has 0 bridgehead atoms. The third kappa shape index (κ3) is 4.71. The minimum Gasteiger partial charge on any atom is -0.352 e. The van der Waals surface area contributed by atoms with Gasteiger partial charge in [0.2, 0.25) is 0 Å². The van der Waals surface area contributed by atoms with Crippen molar-refractivity contribution in [3.8, 4) is 0 Å². The quantitative estimate of drug-likeness (QED) is 0.589. The number of piperidine rings is 1. The molecule has 4 rings (SSSR count).